The van der Waals surface area contributed by atoms with Gasteiger partial charge in [0.2, 0.25) is 0 Å². The lowest BCUT2D eigenvalue weighted by Crippen LogP contribution is -2.27. The van der Waals surface area contributed by atoms with Gasteiger partial charge in [-0.2, -0.15) is 0 Å². The van der Waals surface area contributed by atoms with E-state index in [-0.39, 0.29) is 12.2 Å². The normalized spacial score (nSPS) is 14.8. The van der Waals surface area contributed by atoms with Crippen molar-refractivity contribution in [2.75, 3.05) is 7.11 Å². The molecule has 1 saturated carbocycles. The fourth-order valence-corrected chi connectivity index (χ4v) is 2.88. The van der Waals surface area contributed by atoms with Crippen LogP contribution in [0, 0.1) is 0 Å². The summed E-state index contributed by atoms with van der Waals surface area (Å²) in [7, 11) is 1.61. The predicted molar refractivity (Wildman–Crippen MR) is 88.3 cm³/mol. The third-order valence-electron chi connectivity index (χ3n) is 4.08. The van der Waals surface area contributed by atoms with Gasteiger partial charge in [0.1, 0.15) is 17.7 Å². The molecule has 1 fully saturated rings. The third-order valence-corrected chi connectivity index (χ3v) is 4.08. The summed E-state index contributed by atoms with van der Waals surface area (Å²) in [6, 6.07) is 3.78. The van der Waals surface area contributed by atoms with E-state index >= 15 is 0 Å². The molecule has 0 radical (unpaired) electrons. The van der Waals surface area contributed by atoms with Crippen LogP contribution in [0.5, 0.6) is 5.75 Å². The minimum atomic E-state index is -0.387. The minimum Gasteiger partial charge on any atom is -0.496 e. The molecule has 1 aromatic carbocycles. The zero-order chi connectivity index (χ0) is 16.2. The summed E-state index contributed by atoms with van der Waals surface area (Å²) in [5.41, 5.74) is 2.55. The van der Waals surface area contributed by atoms with Gasteiger partial charge in [-0.15, -0.1) is 0 Å². The van der Waals surface area contributed by atoms with Gasteiger partial charge >= 0.3 is 6.09 Å². The number of hydrogen-bond donors (Lipinski definition) is 2. The van der Waals surface area contributed by atoms with Crippen LogP contribution < -0.4 is 10.1 Å². The highest BCUT2D eigenvalue weighted by Gasteiger charge is 2.19. The van der Waals surface area contributed by atoms with Crippen LogP contribution in [0.15, 0.2) is 18.7 Å². The number of aromatic amines is 1. The fraction of sp³-hybridized carbons (Fsp3) is 0.412. The Kier molecular flexibility index (Phi) is 4.50. The molecule has 1 heterocycles. The van der Waals surface area contributed by atoms with Crippen molar-refractivity contribution in [1.82, 2.24) is 15.3 Å². The molecule has 6 nitrogen and oxygen atoms in total. The Labute approximate surface area is 134 Å². The summed E-state index contributed by atoms with van der Waals surface area (Å²) in [5.74, 6) is 1.39. The van der Waals surface area contributed by atoms with E-state index in [1.165, 1.54) is 0 Å². The number of amides is 1. The number of benzene rings is 1. The second-order valence-electron chi connectivity index (χ2n) is 5.66. The Morgan fingerprint density at radius 1 is 1.48 bits per heavy atom. The van der Waals surface area contributed by atoms with Crippen molar-refractivity contribution in [3.8, 4) is 5.75 Å². The van der Waals surface area contributed by atoms with Crippen LogP contribution in [0.1, 0.15) is 37.1 Å². The highest BCUT2D eigenvalue weighted by Crippen LogP contribution is 2.25. The lowest BCUT2D eigenvalue weighted by molar-refractivity contribution is 0.100. The Hall–Kier alpha value is -2.50. The molecule has 0 spiro atoms. The predicted octanol–water partition coefficient (Wildman–Crippen LogP) is 3.38. The maximum absolute atomic E-state index is 11.8. The molecular formula is C17H21N3O3. The first-order chi connectivity index (χ1) is 11.2. The number of aromatic nitrogens is 2. The molecule has 0 unspecified atom stereocenters. The van der Waals surface area contributed by atoms with Gasteiger partial charge in [-0.3, -0.25) is 0 Å². The second-order valence-corrected chi connectivity index (χ2v) is 5.66. The Morgan fingerprint density at radius 3 is 2.96 bits per heavy atom. The van der Waals surface area contributed by atoms with E-state index in [0.29, 0.717) is 12.4 Å². The lowest BCUT2D eigenvalue weighted by atomic mass is 10.2. The van der Waals surface area contributed by atoms with Crippen molar-refractivity contribution in [1.29, 1.82) is 0 Å². The van der Waals surface area contributed by atoms with Gasteiger partial charge in [-0.25, -0.2) is 9.78 Å². The van der Waals surface area contributed by atoms with Crippen molar-refractivity contribution in [3.63, 3.8) is 0 Å². The first-order valence-corrected chi connectivity index (χ1v) is 7.83. The number of H-pyrrole nitrogens is 1. The van der Waals surface area contributed by atoms with Crippen LogP contribution in [0.3, 0.4) is 0 Å². The molecule has 2 N–H and O–H groups in total. The molecule has 122 valence electrons. The number of ether oxygens (including phenoxy) is 2. The maximum atomic E-state index is 11.8. The average molecular weight is 315 g/mol. The number of hydrogen-bond acceptors (Lipinski definition) is 4. The van der Waals surface area contributed by atoms with E-state index < -0.39 is 0 Å². The summed E-state index contributed by atoms with van der Waals surface area (Å²) in [5, 5.41) is 2.74. The van der Waals surface area contributed by atoms with Gasteiger partial charge in [0.05, 0.1) is 24.7 Å². The zero-order valence-electron chi connectivity index (χ0n) is 13.2. The van der Waals surface area contributed by atoms with E-state index in [0.717, 1.165) is 48.0 Å². The number of methoxy groups -OCH3 is 1. The highest BCUT2D eigenvalue weighted by atomic mass is 16.6. The smallest absolute Gasteiger partial charge is 0.407 e. The molecule has 0 aliphatic heterocycles. The van der Waals surface area contributed by atoms with Crippen LogP contribution in [-0.4, -0.2) is 29.3 Å². The largest absolute Gasteiger partial charge is 0.496 e. The van der Waals surface area contributed by atoms with Crippen molar-refractivity contribution in [3.05, 3.63) is 30.1 Å². The molecule has 0 atom stereocenters. The van der Waals surface area contributed by atoms with Crippen molar-refractivity contribution >= 4 is 23.2 Å². The summed E-state index contributed by atoms with van der Waals surface area (Å²) >= 11 is 0. The highest BCUT2D eigenvalue weighted by molar-refractivity contribution is 5.81. The first kappa shape index (κ1) is 15.4. The maximum Gasteiger partial charge on any atom is 0.407 e. The van der Waals surface area contributed by atoms with E-state index in [9.17, 15) is 4.79 Å². The van der Waals surface area contributed by atoms with Gasteiger partial charge in [0.25, 0.3) is 0 Å². The monoisotopic (exact) mass is 315 g/mol. The number of rotatable bonds is 5. The summed E-state index contributed by atoms with van der Waals surface area (Å²) in [6.45, 7) is 4.07. The van der Waals surface area contributed by atoms with Crippen LogP contribution >= 0.6 is 0 Å². The molecule has 1 aromatic heterocycles. The summed E-state index contributed by atoms with van der Waals surface area (Å²) in [6.07, 6.45) is 5.59. The van der Waals surface area contributed by atoms with Gasteiger partial charge in [-0.05, 0) is 31.7 Å². The van der Waals surface area contributed by atoms with Gasteiger partial charge in [-0.1, -0.05) is 12.7 Å². The standard InChI is InChI=1S/C17H21N3O3/c1-3-11-8-13-14(9-15(11)22-2)20-16(19-13)10-18-17(21)23-12-6-4-5-7-12/h3,8-9,12H,1,4-7,10H2,2H3,(H,18,21)(H,19,20). The number of alkyl carbamates (subject to hydrolysis) is 1. The van der Waals surface area contributed by atoms with Crippen molar-refractivity contribution in [2.45, 2.75) is 38.3 Å². The molecule has 6 heteroatoms. The van der Waals surface area contributed by atoms with Crippen LogP contribution in [0.2, 0.25) is 0 Å². The Morgan fingerprint density at radius 2 is 2.26 bits per heavy atom. The average Bonchev–Trinajstić information content (AvgIpc) is 3.20. The zero-order valence-corrected chi connectivity index (χ0v) is 13.2. The molecule has 0 saturated heterocycles. The molecule has 0 bridgehead atoms. The first-order valence-electron chi connectivity index (χ1n) is 7.83. The fourth-order valence-electron chi connectivity index (χ4n) is 2.88. The number of carbonyl (C=O) groups excluding carboxylic acids is 1. The minimum absolute atomic E-state index is 0.0603. The number of nitrogens with zero attached hydrogens (tertiary/aromatic N) is 1. The van der Waals surface area contributed by atoms with Crippen LogP contribution in [0.25, 0.3) is 17.1 Å². The van der Waals surface area contributed by atoms with Crippen molar-refractivity contribution in [2.24, 2.45) is 0 Å². The van der Waals surface area contributed by atoms with E-state index in [2.05, 4.69) is 21.9 Å². The Balaban J connectivity index is 1.65. The number of nitrogens with one attached hydrogen (secondary N) is 2. The molecule has 23 heavy (non-hydrogen) atoms. The second kappa shape index (κ2) is 6.73. The van der Waals surface area contributed by atoms with Crippen LogP contribution in [-0.2, 0) is 11.3 Å². The topological polar surface area (TPSA) is 76.2 Å². The van der Waals surface area contributed by atoms with E-state index in [4.69, 9.17) is 9.47 Å². The quantitative estimate of drug-likeness (QED) is 0.887. The molecular weight excluding hydrogens is 294 g/mol. The van der Waals surface area contributed by atoms with E-state index in [1.807, 2.05) is 12.1 Å². The number of imidazole rings is 1. The third kappa shape index (κ3) is 3.47. The summed E-state index contributed by atoms with van der Waals surface area (Å²) < 4.78 is 10.7. The number of fused-ring (bicyclic) bond motifs is 1. The SMILES string of the molecule is C=Cc1cc2[nH]c(CNC(=O)OC3CCCC3)nc2cc1OC. The van der Waals surface area contributed by atoms with Crippen molar-refractivity contribution < 1.29 is 14.3 Å². The van der Waals surface area contributed by atoms with Gasteiger partial charge in [0.15, 0.2) is 0 Å². The Bertz CT molecular complexity index is 717. The lowest BCUT2D eigenvalue weighted by Gasteiger charge is -2.11. The van der Waals surface area contributed by atoms with Gasteiger partial charge in [0, 0.05) is 11.6 Å². The molecule has 2 aromatic rings. The van der Waals surface area contributed by atoms with E-state index in [1.54, 1.807) is 13.2 Å². The summed E-state index contributed by atoms with van der Waals surface area (Å²) in [4.78, 5) is 19.4. The molecule has 1 aliphatic rings. The van der Waals surface area contributed by atoms with Gasteiger partial charge < -0.3 is 19.8 Å². The molecule has 1 amide bonds. The molecule has 3 rings (SSSR count). The van der Waals surface area contributed by atoms with Crippen LogP contribution in [0.4, 0.5) is 4.79 Å². The number of carbonyl (C=O) groups is 1. The molecule has 1 aliphatic carbocycles.